The van der Waals surface area contributed by atoms with E-state index in [1.54, 1.807) is 38.1 Å². The molecule has 4 aliphatic heterocycles. The highest BCUT2D eigenvalue weighted by atomic mass is 19.1. The predicted molar refractivity (Wildman–Crippen MR) is 246 cm³/mol. The summed E-state index contributed by atoms with van der Waals surface area (Å²) in [5.41, 5.74) is 16.0. The SMILES string of the molecule is Cc1c(-c2cc3cc(NC(=O)OC4CCOCC4)ncc3c(N)c2F)cnc2c1[C@@H](O)CCO2.Cc1c(-c2cc3cc(NC(=O)OC4CCOCC4)ncc3c(N)c2F)cnc2c1[C@H](O)CCO2. The minimum Gasteiger partial charge on any atom is -0.477 e. The zero-order valence-electron chi connectivity index (χ0n) is 37.3. The normalized spacial score (nSPS) is 18.3. The van der Waals surface area contributed by atoms with Gasteiger partial charge in [0.25, 0.3) is 0 Å². The lowest BCUT2D eigenvalue weighted by Crippen LogP contribution is -2.28. The summed E-state index contributed by atoms with van der Waals surface area (Å²) in [6, 6.07) is 6.48. The van der Waals surface area contributed by atoms with E-state index in [9.17, 15) is 19.8 Å². The summed E-state index contributed by atoms with van der Waals surface area (Å²) in [6.45, 7) is 6.55. The first-order valence-corrected chi connectivity index (χ1v) is 22.3. The van der Waals surface area contributed by atoms with Crippen LogP contribution in [-0.4, -0.2) is 94.2 Å². The highest BCUT2D eigenvalue weighted by Gasteiger charge is 2.29. The molecule has 0 unspecified atom stereocenters. The van der Waals surface area contributed by atoms with Gasteiger partial charge in [0.15, 0.2) is 11.6 Å². The van der Waals surface area contributed by atoms with E-state index >= 15 is 8.78 Å². The lowest BCUT2D eigenvalue weighted by atomic mass is 9.92. The van der Waals surface area contributed by atoms with Gasteiger partial charge in [-0.05, 0) is 60.0 Å². The standard InChI is InChI=1S/2C24H25FN4O5/c2*1-12-16(10-28-23-20(12)18(30)4-7-33-23)15-8-13-9-19(27-11-17(13)22(26)21(15)25)29-24(31)34-14-2-5-32-6-3-14/h2*8-11,14,18,30H,2-7,26H2,1H3,(H,27,29,31)/t2*18-/m10/s1. The van der Waals surface area contributed by atoms with Crippen molar-refractivity contribution in [3.63, 3.8) is 0 Å². The van der Waals surface area contributed by atoms with Gasteiger partial charge in [-0.3, -0.25) is 10.6 Å². The Bertz CT molecular complexity index is 2720. The van der Waals surface area contributed by atoms with Crippen molar-refractivity contribution in [2.75, 3.05) is 61.7 Å². The Hall–Kier alpha value is -7.00. The zero-order valence-corrected chi connectivity index (χ0v) is 37.3. The van der Waals surface area contributed by atoms with Crippen molar-refractivity contribution in [1.29, 1.82) is 0 Å². The maximum atomic E-state index is 15.3. The number of halogens is 2. The first-order chi connectivity index (χ1) is 32.8. The van der Waals surface area contributed by atoms with Gasteiger partial charge in [0.2, 0.25) is 11.8 Å². The Kier molecular flexibility index (Phi) is 13.4. The molecule has 0 bridgehead atoms. The van der Waals surface area contributed by atoms with Crippen LogP contribution in [0.15, 0.2) is 49.1 Å². The second-order valence-electron chi connectivity index (χ2n) is 16.9. The van der Waals surface area contributed by atoms with Crippen LogP contribution >= 0.6 is 0 Å². The molecule has 0 spiro atoms. The summed E-state index contributed by atoms with van der Waals surface area (Å²) in [6.07, 6.45) is 6.20. The molecule has 2 atom stereocenters. The third kappa shape index (κ3) is 9.44. The van der Waals surface area contributed by atoms with E-state index in [0.29, 0.717) is 145 Å². The Balaban J connectivity index is 0.000000170. The van der Waals surface area contributed by atoms with E-state index in [1.807, 2.05) is 0 Å². The number of hydrogen-bond acceptors (Lipinski definition) is 16. The second kappa shape index (κ2) is 19.7. The Morgan fingerprint density at radius 3 is 1.38 bits per heavy atom. The number of ether oxygens (including phenoxy) is 6. The smallest absolute Gasteiger partial charge is 0.413 e. The van der Waals surface area contributed by atoms with Crippen LogP contribution in [0.4, 0.5) is 41.4 Å². The van der Waals surface area contributed by atoms with Crippen LogP contribution in [0.3, 0.4) is 0 Å². The number of aromatic nitrogens is 4. The molecule has 2 saturated heterocycles. The molecule has 356 valence electrons. The van der Waals surface area contributed by atoms with Gasteiger partial charge in [-0.2, -0.15) is 0 Å². The number of carbonyl (C=O) groups excluding carboxylic acids is 2. The molecule has 4 aromatic heterocycles. The van der Waals surface area contributed by atoms with Crippen LogP contribution in [0.25, 0.3) is 43.8 Å². The number of anilines is 4. The topological polar surface area (TPSA) is 258 Å². The number of aliphatic hydroxyl groups excluding tert-OH is 2. The van der Waals surface area contributed by atoms with Crippen LogP contribution in [0, 0.1) is 25.5 Å². The van der Waals surface area contributed by atoms with Gasteiger partial charge in [-0.15, -0.1) is 0 Å². The molecule has 18 nitrogen and oxygen atoms in total. The van der Waals surface area contributed by atoms with Crippen LogP contribution in [-0.2, 0) is 18.9 Å². The number of nitrogens with zero attached hydrogens (tertiary/aromatic N) is 4. The third-order valence-electron chi connectivity index (χ3n) is 12.5. The highest BCUT2D eigenvalue weighted by molar-refractivity contribution is 6.00. The third-order valence-corrected chi connectivity index (χ3v) is 12.5. The van der Waals surface area contributed by atoms with Crippen LogP contribution in [0.1, 0.15) is 73.0 Å². The van der Waals surface area contributed by atoms with Crippen LogP contribution in [0.2, 0.25) is 0 Å². The van der Waals surface area contributed by atoms with E-state index in [-0.39, 0.29) is 46.3 Å². The molecule has 0 saturated carbocycles. The van der Waals surface area contributed by atoms with Crippen molar-refractivity contribution in [2.45, 2.75) is 76.8 Å². The number of pyridine rings is 4. The molecule has 8 N–H and O–H groups in total. The fraction of sp³-hybridized carbons (Fsp3) is 0.375. The van der Waals surface area contributed by atoms with Gasteiger partial charge in [0, 0.05) is 107 Å². The minimum atomic E-state index is -0.737. The molecule has 8 heterocycles. The van der Waals surface area contributed by atoms with Gasteiger partial charge in [0.05, 0.1) is 63.2 Å². The van der Waals surface area contributed by atoms with E-state index in [1.165, 1.54) is 24.8 Å². The molecule has 2 fully saturated rings. The molecule has 68 heavy (non-hydrogen) atoms. The number of nitrogens with one attached hydrogen (secondary N) is 2. The summed E-state index contributed by atoms with van der Waals surface area (Å²) in [7, 11) is 0. The fourth-order valence-electron chi connectivity index (χ4n) is 8.85. The molecule has 0 aliphatic carbocycles. The second-order valence-corrected chi connectivity index (χ2v) is 16.9. The van der Waals surface area contributed by atoms with Gasteiger partial charge >= 0.3 is 12.2 Å². The molecular weight excluding hydrogens is 887 g/mol. The Morgan fingerprint density at radius 2 is 0.985 bits per heavy atom. The first kappa shape index (κ1) is 46.1. The largest absolute Gasteiger partial charge is 0.477 e. The zero-order chi connectivity index (χ0) is 47.6. The molecule has 2 amide bonds. The number of rotatable bonds is 6. The molecule has 20 heteroatoms. The molecule has 10 rings (SSSR count). The lowest BCUT2D eigenvalue weighted by Gasteiger charge is -2.24. The summed E-state index contributed by atoms with van der Waals surface area (Å²) < 4.78 is 63.1. The molecule has 4 aliphatic rings. The Morgan fingerprint density at radius 1 is 0.588 bits per heavy atom. The maximum Gasteiger partial charge on any atom is 0.413 e. The summed E-state index contributed by atoms with van der Waals surface area (Å²) in [5.74, 6) is 0.00653. The molecule has 6 aromatic rings. The van der Waals surface area contributed by atoms with E-state index in [0.717, 1.165) is 0 Å². The summed E-state index contributed by atoms with van der Waals surface area (Å²) in [5, 5.41) is 28.1. The van der Waals surface area contributed by atoms with Crippen molar-refractivity contribution in [2.24, 2.45) is 0 Å². The van der Waals surface area contributed by atoms with Crippen molar-refractivity contribution >= 4 is 56.7 Å². The first-order valence-electron chi connectivity index (χ1n) is 22.3. The quantitative estimate of drug-likeness (QED) is 0.0873. The summed E-state index contributed by atoms with van der Waals surface area (Å²) in [4.78, 5) is 41.5. The van der Waals surface area contributed by atoms with Crippen LogP contribution < -0.4 is 31.6 Å². The summed E-state index contributed by atoms with van der Waals surface area (Å²) >= 11 is 0. The molecule has 0 radical (unpaired) electrons. The molecule has 2 aromatic carbocycles. The average Bonchev–Trinajstić information content (AvgIpc) is 3.32. The van der Waals surface area contributed by atoms with Gasteiger partial charge in [-0.25, -0.2) is 38.3 Å². The van der Waals surface area contributed by atoms with Crippen LogP contribution in [0.5, 0.6) is 11.8 Å². The number of amides is 2. The number of carbonyl (C=O) groups is 2. The number of aliphatic hydroxyl groups is 2. The minimum absolute atomic E-state index is 0.0646. The highest BCUT2D eigenvalue weighted by Crippen LogP contribution is 2.42. The van der Waals surface area contributed by atoms with Crippen molar-refractivity contribution in [3.05, 3.63) is 82.9 Å². The number of nitrogen functional groups attached to an aromatic ring is 2. The van der Waals surface area contributed by atoms with Gasteiger partial charge < -0.3 is 50.1 Å². The fourth-order valence-corrected chi connectivity index (χ4v) is 8.85. The maximum absolute atomic E-state index is 15.3. The molecular formula is C48H50F2N8O10. The van der Waals surface area contributed by atoms with Gasteiger partial charge in [-0.1, -0.05) is 0 Å². The number of nitrogens with two attached hydrogens (primary N) is 2. The van der Waals surface area contributed by atoms with E-state index in [4.69, 9.17) is 39.9 Å². The monoisotopic (exact) mass is 936 g/mol. The predicted octanol–water partition coefficient (Wildman–Crippen LogP) is 7.74. The number of benzene rings is 2. The van der Waals surface area contributed by atoms with Crippen molar-refractivity contribution in [1.82, 2.24) is 19.9 Å². The van der Waals surface area contributed by atoms with E-state index in [2.05, 4.69) is 30.6 Å². The number of hydrogen-bond donors (Lipinski definition) is 6. The lowest BCUT2D eigenvalue weighted by molar-refractivity contribution is 0.00537. The Labute approximate surface area is 388 Å². The van der Waals surface area contributed by atoms with Crippen molar-refractivity contribution < 1.29 is 57.0 Å². The average molecular weight is 937 g/mol. The van der Waals surface area contributed by atoms with Crippen molar-refractivity contribution in [3.8, 4) is 34.0 Å². The number of fused-ring (bicyclic) bond motifs is 4. The van der Waals surface area contributed by atoms with Gasteiger partial charge in [0.1, 0.15) is 23.8 Å². The van der Waals surface area contributed by atoms with E-state index < -0.39 is 36.0 Å².